The zero-order valence-electron chi connectivity index (χ0n) is 15.0. The number of hydrogen-bond donors (Lipinski definition) is 2. The number of ether oxygens (including phenoxy) is 1. The Morgan fingerprint density at radius 1 is 1.35 bits per heavy atom. The van der Waals surface area contributed by atoms with Crippen LogP contribution >= 0.6 is 11.8 Å². The van der Waals surface area contributed by atoms with Gasteiger partial charge in [-0.3, -0.25) is 4.99 Å². The average molecular weight is 342 g/mol. The Kier molecular flexibility index (Phi) is 9.17. The van der Waals surface area contributed by atoms with E-state index in [1.807, 2.05) is 23.9 Å². The van der Waals surface area contributed by atoms with Gasteiger partial charge in [-0.15, -0.1) is 0 Å². The van der Waals surface area contributed by atoms with Gasteiger partial charge in [-0.1, -0.05) is 20.8 Å². The fourth-order valence-electron chi connectivity index (χ4n) is 2.08. The third-order valence-corrected chi connectivity index (χ3v) is 4.12. The van der Waals surface area contributed by atoms with Gasteiger partial charge in [0.2, 0.25) is 0 Å². The van der Waals surface area contributed by atoms with Crippen molar-refractivity contribution in [2.45, 2.75) is 33.3 Å². The quantitative estimate of drug-likeness (QED) is 0.411. The van der Waals surface area contributed by atoms with Gasteiger partial charge in [-0.25, -0.2) is 0 Å². The van der Waals surface area contributed by atoms with Crippen LogP contribution < -0.4 is 10.6 Å². The number of nitrogens with zero attached hydrogens (tertiary/aromatic N) is 1. The Morgan fingerprint density at radius 2 is 2.09 bits per heavy atom. The Morgan fingerprint density at radius 3 is 2.65 bits per heavy atom. The number of rotatable bonds is 9. The van der Waals surface area contributed by atoms with Crippen LogP contribution in [-0.2, 0) is 11.2 Å². The first-order valence-electron chi connectivity index (χ1n) is 8.03. The van der Waals surface area contributed by atoms with Gasteiger partial charge in [0.25, 0.3) is 0 Å². The molecule has 2 N–H and O–H groups in total. The molecular weight excluding hydrogens is 310 g/mol. The zero-order valence-corrected chi connectivity index (χ0v) is 15.8. The molecule has 0 aliphatic carbocycles. The second kappa shape index (κ2) is 10.6. The lowest BCUT2D eigenvalue weighted by Gasteiger charge is -2.28. The van der Waals surface area contributed by atoms with Crippen LogP contribution in [0.1, 0.15) is 26.5 Å². The first kappa shape index (κ1) is 19.9. The van der Waals surface area contributed by atoms with Gasteiger partial charge in [0.05, 0.1) is 18.9 Å². The third-order valence-electron chi connectivity index (χ3n) is 3.51. The van der Waals surface area contributed by atoms with Crippen LogP contribution in [0.25, 0.3) is 0 Å². The number of thioether (sulfide) groups is 1. The van der Waals surface area contributed by atoms with Crippen molar-refractivity contribution in [1.82, 2.24) is 10.6 Å². The Labute approximate surface area is 144 Å². The van der Waals surface area contributed by atoms with Gasteiger partial charge >= 0.3 is 0 Å². The van der Waals surface area contributed by atoms with Gasteiger partial charge in [-0.2, -0.15) is 11.8 Å². The van der Waals surface area contributed by atoms with E-state index in [1.165, 1.54) is 0 Å². The first-order chi connectivity index (χ1) is 11.0. The molecule has 0 radical (unpaired) electrons. The largest absolute Gasteiger partial charge is 0.469 e. The highest BCUT2D eigenvalue weighted by atomic mass is 32.2. The number of hydrogen-bond acceptors (Lipinski definition) is 4. The zero-order chi connectivity index (χ0) is 17.1. The molecule has 0 bridgehead atoms. The van der Waals surface area contributed by atoms with Crippen LogP contribution in [0.4, 0.5) is 0 Å². The number of nitrogens with one attached hydrogen (secondary N) is 2. The van der Waals surface area contributed by atoms with Crippen molar-refractivity contribution in [2.24, 2.45) is 10.4 Å². The van der Waals surface area contributed by atoms with Crippen LogP contribution in [0.3, 0.4) is 0 Å². The fraction of sp³-hybridized carbons (Fsp3) is 0.706. The minimum atomic E-state index is 0.0663. The molecule has 132 valence electrons. The van der Waals surface area contributed by atoms with Crippen molar-refractivity contribution >= 4 is 17.7 Å². The molecule has 1 atom stereocenters. The molecule has 1 aromatic heterocycles. The van der Waals surface area contributed by atoms with Crippen molar-refractivity contribution in [2.75, 3.05) is 38.8 Å². The van der Waals surface area contributed by atoms with E-state index in [0.29, 0.717) is 6.54 Å². The van der Waals surface area contributed by atoms with Gasteiger partial charge in [0, 0.05) is 32.4 Å². The molecule has 0 aliphatic heterocycles. The number of furan rings is 1. The summed E-state index contributed by atoms with van der Waals surface area (Å²) in [6, 6.07) is 3.90. The van der Waals surface area contributed by atoms with E-state index in [0.717, 1.165) is 37.0 Å². The van der Waals surface area contributed by atoms with Crippen LogP contribution in [0.5, 0.6) is 0 Å². The van der Waals surface area contributed by atoms with Crippen molar-refractivity contribution in [1.29, 1.82) is 0 Å². The standard InChI is InChI=1S/C17H31N3O2S/c1-17(2,3)15(21-4)13-20-16(19-10-12-23-5)18-9-8-14-7-6-11-22-14/h6-7,11,15H,8-10,12-13H2,1-5H3,(H2,18,19,20). The second-order valence-corrected chi connectivity index (χ2v) is 7.44. The summed E-state index contributed by atoms with van der Waals surface area (Å²) in [4.78, 5) is 4.68. The average Bonchev–Trinajstić information content (AvgIpc) is 2.99. The maximum Gasteiger partial charge on any atom is 0.191 e. The summed E-state index contributed by atoms with van der Waals surface area (Å²) < 4.78 is 10.9. The van der Waals surface area contributed by atoms with E-state index in [4.69, 9.17) is 9.15 Å². The van der Waals surface area contributed by atoms with E-state index in [2.05, 4.69) is 42.7 Å². The highest BCUT2D eigenvalue weighted by molar-refractivity contribution is 7.98. The molecule has 0 saturated carbocycles. The van der Waals surface area contributed by atoms with Crippen molar-refractivity contribution in [3.63, 3.8) is 0 Å². The maximum absolute atomic E-state index is 5.57. The van der Waals surface area contributed by atoms with Crippen LogP contribution in [0.15, 0.2) is 27.8 Å². The van der Waals surface area contributed by atoms with E-state index < -0.39 is 0 Å². The van der Waals surface area contributed by atoms with Crippen molar-refractivity contribution in [3.05, 3.63) is 24.2 Å². The molecule has 0 saturated heterocycles. The molecule has 1 unspecified atom stereocenters. The number of aliphatic imine (C=N–C) groups is 1. The van der Waals surface area contributed by atoms with Gasteiger partial charge in [0.15, 0.2) is 5.96 Å². The third kappa shape index (κ3) is 8.32. The molecule has 0 spiro atoms. The minimum Gasteiger partial charge on any atom is -0.469 e. The van der Waals surface area contributed by atoms with E-state index in [1.54, 1.807) is 13.4 Å². The predicted octanol–water partition coefficient (Wildman–Crippen LogP) is 2.78. The summed E-state index contributed by atoms with van der Waals surface area (Å²) in [5, 5.41) is 6.73. The Bertz CT molecular complexity index is 441. The lowest BCUT2D eigenvalue weighted by atomic mass is 9.89. The summed E-state index contributed by atoms with van der Waals surface area (Å²) in [7, 11) is 1.75. The minimum absolute atomic E-state index is 0.0663. The predicted molar refractivity (Wildman–Crippen MR) is 99.4 cm³/mol. The van der Waals surface area contributed by atoms with E-state index in [-0.39, 0.29) is 11.5 Å². The van der Waals surface area contributed by atoms with Gasteiger partial charge in [0.1, 0.15) is 5.76 Å². The molecule has 0 aromatic carbocycles. The highest BCUT2D eigenvalue weighted by Gasteiger charge is 2.24. The van der Waals surface area contributed by atoms with Crippen LogP contribution in [-0.4, -0.2) is 50.8 Å². The summed E-state index contributed by atoms with van der Waals surface area (Å²) >= 11 is 1.81. The molecule has 6 heteroatoms. The second-order valence-electron chi connectivity index (χ2n) is 6.46. The topological polar surface area (TPSA) is 58.8 Å². The summed E-state index contributed by atoms with van der Waals surface area (Å²) in [6.07, 6.45) is 4.73. The Hall–Kier alpha value is -1.14. The van der Waals surface area contributed by atoms with Crippen LogP contribution in [0.2, 0.25) is 0 Å². The molecule has 0 amide bonds. The summed E-state index contributed by atoms with van der Waals surface area (Å²) in [6.45, 7) is 8.81. The lowest BCUT2D eigenvalue weighted by molar-refractivity contribution is 0.0241. The fourth-order valence-corrected chi connectivity index (χ4v) is 2.39. The van der Waals surface area contributed by atoms with Gasteiger partial charge < -0.3 is 19.8 Å². The van der Waals surface area contributed by atoms with Gasteiger partial charge in [-0.05, 0) is 23.8 Å². The van der Waals surface area contributed by atoms with E-state index in [9.17, 15) is 0 Å². The Balaban J connectivity index is 2.53. The van der Waals surface area contributed by atoms with E-state index >= 15 is 0 Å². The van der Waals surface area contributed by atoms with Crippen LogP contribution in [0, 0.1) is 5.41 Å². The normalized spacial score (nSPS) is 13.9. The molecule has 0 aliphatic rings. The van der Waals surface area contributed by atoms with Crippen molar-refractivity contribution in [3.8, 4) is 0 Å². The summed E-state index contributed by atoms with van der Waals surface area (Å²) in [5.74, 6) is 2.86. The van der Waals surface area contributed by atoms with Crippen molar-refractivity contribution < 1.29 is 9.15 Å². The number of guanidine groups is 1. The molecule has 0 fully saturated rings. The highest BCUT2D eigenvalue weighted by Crippen LogP contribution is 2.21. The molecule has 23 heavy (non-hydrogen) atoms. The monoisotopic (exact) mass is 341 g/mol. The lowest BCUT2D eigenvalue weighted by Crippen LogP contribution is -2.41. The smallest absolute Gasteiger partial charge is 0.191 e. The molecule has 5 nitrogen and oxygen atoms in total. The molecule has 1 aromatic rings. The summed E-state index contributed by atoms with van der Waals surface area (Å²) in [5.41, 5.74) is 0.0663. The first-order valence-corrected chi connectivity index (χ1v) is 9.43. The number of methoxy groups -OCH3 is 1. The molecule has 1 heterocycles. The maximum atomic E-state index is 5.57. The SMILES string of the molecule is COC(CN=C(NCCSC)NCCc1ccco1)C(C)(C)C. The molecule has 1 rings (SSSR count). The molecular formula is C17H31N3O2S.